The zero-order chi connectivity index (χ0) is 19.9. The number of benzene rings is 2. The SMILES string of the molecule is COc1ccc(OCC(=O)Nc2ccc(N3CCN(C(C)=O)CC3)cc2)cc1. The fourth-order valence-corrected chi connectivity index (χ4v) is 3.05. The van der Waals surface area contributed by atoms with Crippen LogP contribution in [0.5, 0.6) is 11.5 Å². The second-order valence-corrected chi connectivity index (χ2v) is 6.55. The van der Waals surface area contributed by atoms with E-state index in [0.29, 0.717) is 5.75 Å². The molecule has 1 heterocycles. The second kappa shape index (κ2) is 9.12. The van der Waals surface area contributed by atoms with Crippen molar-refractivity contribution in [3.63, 3.8) is 0 Å². The highest BCUT2D eigenvalue weighted by Gasteiger charge is 2.18. The first-order valence-corrected chi connectivity index (χ1v) is 9.22. The van der Waals surface area contributed by atoms with Crippen molar-refractivity contribution in [1.82, 2.24) is 4.90 Å². The lowest BCUT2D eigenvalue weighted by atomic mass is 10.2. The van der Waals surface area contributed by atoms with Crippen LogP contribution in [0, 0.1) is 0 Å². The molecule has 0 bridgehead atoms. The third-order valence-electron chi connectivity index (χ3n) is 4.67. The first-order valence-electron chi connectivity index (χ1n) is 9.22. The van der Waals surface area contributed by atoms with Crippen LogP contribution in [0.15, 0.2) is 48.5 Å². The smallest absolute Gasteiger partial charge is 0.262 e. The quantitative estimate of drug-likeness (QED) is 0.829. The molecule has 2 amide bonds. The molecule has 1 fully saturated rings. The molecular formula is C21H25N3O4. The Morgan fingerprint density at radius 1 is 0.929 bits per heavy atom. The number of nitrogens with one attached hydrogen (secondary N) is 1. The van der Waals surface area contributed by atoms with Crippen LogP contribution in [0.2, 0.25) is 0 Å². The van der Waals surface area contributed by atoms with Crippen molar-refractivity contribution in [2.75, 3.05) is 50.1 Å². The van der Waals surface area contributed by atoms with Crippen molar-refractivity contribution in [3.8, 4) is 11.5 Å². The summed E-state index contributed by atoms with van der Waals surface area (Å²) in [5.41, 5.74) is 1.80. The number of hydrogen-bond acceptors (Lipinski definition) is 5. The van der Waals surface area contributed by atoms with E-state index < -0.39 is 0 Å². The lowest BCUT2D eigenvalue weighted by molar-refractivity contribution is -0.129. The predicted molar refractivity (Wildman–Crippen MR) is 108 cm³/mol. The maximum absolute atomic E-state index is 12.1. The number of piperazine rings is 1. The molecule has 0 radical (unpaired) electrons. The van der Waals surface area contributed by atoms with Crippen molar-refractivity contribution in [1.29, 1.82) is 0 Å². The highest BCUT2D eigenvalue weighted by Crippen LogP contribution is 2.20. The van der Waals surface area contributed by atoms with Gasteiger partial charge >= 0.3 is 0 Å². The van der Waals surface area contributed by atoms with Crippen LogP contribution in [0.3, 0.4) is 0 Å². The van der Waals surface area contributed by atoms with E-state index in [9.17, 15) is 9.59 Å². The van der Waals surface area contributed by atoms with Crippen molar-refractivity contribution in [3.05, 3.63) is 48.5 Å². The molecule has 28 heavy (non-hydrogen) atoms. The van der Waals surface area contributed by atoms with Gasteiger partial charge in [0.2, 0.25) is 5.91 Å². The predicted octanol–water partition coefficient (Wildman–Crippen LogP) is 2.38. The fraction of sp³-hybridized carbons (Fsp3) is 0.333. The molecule has 0 saturated carbocycles. The average Bonchev–Trinajstić information content (AvgIpc) is 2.73. The third kappa shape index (κ3) is 5.16. The third-order valence-corrected chi connectivity index (χ3v) is 4.67. The van der Waals surface area contributed by atoms with Gasteiger partial charge in [0.25, 0.3) is 5.91 Å². The van der Waals surface area contributed by atoms with Gasteiger partial charge in [-0.1, -0.05) is 0 Å². The van der Waals surface area contributed by atoms with Crippen LogP contribution in [0.25, 0.3) is 0 Å². The minimum Gasteiger partial charge on any atom is -0.497 e. The minimum atomic E-state index is -0.223. The molecule has 1 saturated heterocycles. The molecule has 1 aliphatic heterocycles. The Labute approximate surface area is 164 Å². The van der Waals surface area contributed by atoms with Crippen LogP contribution < -0.4 is 19.7 Å². The summed E-state index contributed by atoms with van der Waals surface area (Å²) < 4.78 is 10.6. The van der Waals surface area contributed by atoms with Gasteiger partial charge in [0.15, 0.2) is 6.61 Å². The summed E-state index contributed by atoms with van der Waals surface area (Å²) in [5.74, 6) is 1.24. The molecule has 2 aromatic carbocycles. The lowest BCUT2D eigenvalue weighted by Crippen LogP contribution is -2.48. The van der Waals surface area contributed by atoms with Crippen LogP contribution in [-0.2, 0) is 9.59 Å². The molecule has 0 spiro atoms. The molecule has 1 aliphatic rings. The Balaban J connectivity index is 1.47. The molecule has 0 atom stereocenters. The number of nitrogens with zero attached hydrogens (tertiary/aromatic N) is 2. The number of carbonyl (C=O) groups excluding carboxylic acids is 2. The van der Waals surface area contributed by atoms with Crippen LogP contribution in [0.4, 0.5) is 11.4 Å². The van der Waals surface area contributed by atoms with Crippen LogP contribution in [-0.4, -0.2) is 56.6 Å². The number of carbonyl (C=O) groups is 2. The zero-order valence-electron chi connectivity index (χ0n) is 16.2. The van der Waals surface area contributed by atoms with Crippen molar-refractivity contribution < 1.29 is 19.1 Å². The van der Waals surface area contributed by atoms with E-state index in [1.54, 1.807) is 38.3 Å². The van der Waals surface area contributed by atoms with Gasteiger partial charge in [-0.2, -0.15) is 0 Å². The number of methoxy groups -OCH3 is 1. The highest BCUT2D eigenvalue weighted by atomic mass is 16.5. The first-order chi connectivity index (χ1) is 13.5. The normalized spacial score (nSPS) is 13.8. The van der Waals surface area contributed by atoms with Crippen molar-refractivity contribution in [2.45, 2.75) is 6.92 Å². The molecule has 2 aromatic rings. The van der Waals surface area contributed by atoms with Gasteiger partial charge in [-0.25, -0.2) is 0 Å². The molecule has 7 heteroatoms. The van der Waals surface area contributed by atoms with E-state index in [2.05, 4.69) is 10.2 Å². The first kappa shape index (κ1) is 19.5. The van der Waals surface area contributed by atoms with Gasteiger partial charge in [0, 0.05) is 44.5 Å². The average molecular weight is 383 g/mol. The number of hydrogen-bond donors (Lipinski definition) is 1. The number of amides is 2. The largest absolute Gasteiger partial charge is 0.497 e. The Morgan fingerprint density at radius 3 is 2.11 bits per heavy atom. The van der Waals surface area contributed by atoms with Gasteiger partial charge in [0.05, 0.1) is 7.11 Å². The summed E-state index contributed by atoms with van der Waals surface area (Å²) in [5, 5.41) is 2.83. The van der Waals surface area contributed by atoms with Gasteiger partial charge in [0.1, 0.15) is 11.5 Å². The van der Waals surface area contributed by atoms with E-state index in [-0.39, 0.29) is 18.4 Å². The zero-order valence-corrected chi connectivity index (χ0v) is 16.2. The summed E-state index contributed by atoms with van der Waals surface area (Å²) in [6.45, 7) is 4.61. The number of rotatable bonds is 6. The van der Waals surface area contributed by atoms with Crippen LogP contribution in [0.1, 0.15) is 6.92 Å². The summed E-state index contributed by atoms with van der Waals surface area (Å²) in [4.78, 5) is 27.6. The Kier molecular flexibility index (Phi) is 6.37. The molecule has 148 valence electrons. The lowest BCUT2D eigenvalue weighted by Gasteiger charge is -2.35. The fourth-order valence-electron chi connectivity index (χ4n) is 3.05. The molecule has 3 rings (SSSR count). The molecule has 1 N–H and O–H groups in total. The highest BCUT2D eigenvalue weighted by molar-refractivity contribution is 5.92. The maximum Gasteiger partial charge on any atom is 0.262 e. The second-order valence-electron chi connectivity index (χ2n) is 6.55. The Morgan fingerprint density at radius 2 is 1.54 bits per heavy atom. The summed E-state index contributed by atoms with van der Waals surface area (Å²) in [6.07, 6.45) is 0. The molecule has 0 aromatic heterocycles. The summed E-state index contributed by atoms with van der Waals surface area (Å²) in [7, 11) is 1.60. The van der Waals surface area contributed by atoms with E-state index in [1.807, 2.05) is 29.2 Å². The van der Waals surface area contributed by atoms with Gasteiger partial charge in [-0.15, -0.1) is 0 Å². The van der Waals surface area contributed by atoms with E-state index in [1.165, 1.54) is 0 Å². The molecule has 0 unspecified atom stereocenters. The maximum atomic E-state index is 12.1. The number of ether oxygens (including phenoxy) is 2. The standard InChI is InChI=1S/C21H25N3O4/c1-16(25)23-11-13-24(14-12-23)18-5-3-17(4-6-18)22-21(26)15-28-20-9-7-19(27-2)8-10-20/h3-10H,11-15H2,1-2H3,(H,22,26). The Bertz CT molecular complexity index is 797. The van der Waals surface area contributed by atoms with Gasteiger partial charge < -0.3 is 24.6 Å². The van der Waals surface area contributed by atoms with E-state index in [4.69, 9.17) is 9.47 Å². The van der Waals surface area contributed by atoms with Gasteiger partial charge in [-0.05, 0) is 48.5 Å². The molecule has 7 nitrogen and oxygen atoms in total. The monoisotopic (exact) mass is 383 g/mol. The summed E-state index contributed by atoms with van der Waals surface area (Å²) in [6, 6.07) is 14.8. The molecular weight excluding hydrogens is 358 g/mol. The van der Waals surface area contributed by atoms with E-state index >= 15 is 0 Å². The van der Waals surface area contributed by atoms with Crippen LogP contribution >= 0.6 is 0 Å². The summed E-state index contributed by atoms with van der Waals surface area (Å²) >= 11 is 0. The minimum absolute atomic E-state index is 0.0684. The van der Waals surface area contributed by atoms with E-state index in [0.717, 1.165) is 43.3 Å². The van der Waals surface area contributed by atoms with Gasteiger partial charge in [-0.3, -0.25) is 9.59 Å². The topological polar surface area (TPSA) is 71.1 Å². The Hall–Kier alpha value is -3.22. The molecule has 0 aliphatic carbocycles. The number of anilines is 2. The van der Waals surface area contributed by atoms with Crippen molar-refractivity contribution >= 4 is 23.2 Å². The van der Waals surface area contributed by atoms with Crippen molar-refractivity contribution in [2.24, 2.45) is 0 Å².